The number of likely N-dealkylation sites (tertiary alicyclic amines) is 1. The van der Waals surface area contributed by atoms with E-state index >= 15 is 0 Å². The van der Waals surface area contributed by atoms with Crippen LogP contribution in [-0.2, 0) is 4.79 Å². The van der Waals surface area contributed by atoms with Gasteiger partial charge < -0.3 is 10.0 Å². The predicted molar refractivity (Wildman–Crippen MR) is 44.2 cm³/mol. The van der Waals surface area contributed by atoms with E-state index in [2.05, 4.69) is 0 Å². The molecular weight excluding hydrogens is 142 g/mol. The average molecular weight is 159 g/mol. The fourth-order valence-electron chi connectivity index (χ4n) is 0.783. The molecule has 11 heavy (non-hydrogen) atoms. The molecule has 66 valence electrons. The number of aliphatic hydroxyl groups excluding tert-OH is 1. The van der Waals surface area contributed by atoms with Gasteiger partial charge in [-0.1, -0.05) is 0 Å². The minimum absolute atomic E-state index is 0.167. The van der Waals surface area contributed by atoms with Crippen LogP contribution >= 0.6 is 0 Å². The molecule has 0 unspecified atom stereocenters. The van der Waals surface area contributed by atoms with Crippen LogP contribution in [0.5, 0.6) is 0 Å². The Labute approximate surface area is 68.0 Å². The van der Waals surface area contributed by atoms with E-state index in [-0.39, 0.29) is 6.10 Å². The summed E-state index contributed by atoms with van der Waals surface area (Å²) in [5.41, 5.74) is 0. The molecule has 0 radical (unpaired) electrons. The number of hydrogen-bond donors (Lipinski definition) is 1. The molecule has 1 aliphatic rings. The SMILES string of the molecule is CC(C)O.CN1CCCC1=O. The zero-order valence-corrected chi connectivity index (χ0v) is 7.50. The largest absolute Gasteiger partial charge is 0.394 e. The lowest BCUT2D eigenvalue weighted by Crippen LogP contribution is -2.17. The molecule has 0 aliphatic carbocycles. The Morgan fingerprint density at radius 1 is 1.55 bits per heavy atom. The molecule has 1 aliphatic heterocycles. The van der Waals surface area contributed by atoms with Crippen LogP contribution in [0.3, 0.4) is 0 Å². The van der Waals surface area contributed by atoms with E-state index in [0.29, 0.717) is 5.91 Å². The van der Waals surface area contributed by atoms with Crippen molar-refractivity contribution in [3.05, 3.63) is 0 Å². The summed E-state index contributed by atoms with van der Waals surface area (Å²) in [6.45, 7) is 4.40. The topological polar surface area (TPSA) is 40.5 Å². The third-order valence-electron chi connectivity index (χ3n) is 1.31. The zero-order chi connectivity index (χ0) is 8.85. The molecular formula is C8H17NO2. The van der Waals surface area contributed by atoms with Gasteiger partial charge >= 0.3 is 0 Å². The molecule has 1 N–H and O–H groups in total. The first-order valence-corrected chi connectivity index (χ1v) is 3.96. The Bertz CT molecular complexity index is 121. The summed E-state index contributed by atoms with van der Waals surface area (Å²) in [6, 6.07) is 0. The molecule has 1 fully saturated rings. The highest BCUT2D eigenvalue weighted by atomic mass is 16.3. The Morgan fingerprint density at radius 2 is 2.00 bits per heavy atom. The highest BCUT2D eigenvalue weighted by Gasteiger charge is 2.14. The normalized spacial score (nSPS) is 16.8. The molecule has 0 aromatic rings. The molecule has 0 aromatic heterocycles. The van der Waals surface area contributed by atoms with Crippen molar-refractivity contribution in [1.29, 1.82) is 0 Å². The molecule has 0 aromatic carbocycles. The fourth-order valence-corrected chi connectivity index (χ4v) is 0.783. The standard InChI is InChI=1S/C5H9NO.C3H8O/c1-6-4-2-3-5(6)7;1-3(2)4/h2-4H2,1H3;3-4H,1-2H3. The van der Waals surface area contributed by atoms with Crippen LogP contribution in [0, 0.1) is 0 Å². The quantitative estimate of drug-likeness (QED) is 0.563. The Kier molecular flexibility index (Phi) is 4.86. The van der Waals surface area contributed by atoms with Crippen LogP contribution in [0.1, 0.15) is 26.7 Å². The minimum atomic E-state index is -0.167. The third-order valence-corrected chi connectivity index (χ3v) is 1.31. The number of amides is 1. The zero-order valence-electron chi connectivity index (χ0n) is 7.50. The van der Waals surface area contributed by atoms with Gasteiger partial charge in [-0.3, -0.25) is 4.79 Å². The summed E-state index contributed by atoms with van der Waals surface area (Å²) in [6.07, 6.45) is 1.64. The maximum absolute atomic E-state index is 10.5. The van der Waals surface area contributed by atoms with Crippen molar-refractivity contribution in [2.45, 2.75) is 32.8 Å². The molecule has 0 atom stereocenters. The van der Waals surface area contributed by atoms with Crippen molar-refractivity contribution in [1.82, 2.24) is 4.90 Å². The molecule has 0 spiro atoms. The van der Waals surface area contributed by atoms with E-state index < -0.39 is 0 Å². The summed E-state index contributed by atoms with van der Waals surface area (Å²) in [4.78, 5) is 12.3. The minimum Gasteiger partial charge on any atom is -0.394 e. The maximum atomic E-state index is 10.5. The van der Waals surface area contributed by atoms with Gasteiger partial charge in [0.2, 0.25) is 5.91 Å². The van der Waals surface area contributed by atoms with Crippen LogP contribution in [0.25, 0.3) is 0 Å². The smallest absolute Gasteiger partial charge is 0.222 e. The van der Waals surface area contributed by atoms with Crippen LogP contribution < -0.4 is 0 Å². The number of aliphatic hydroxyl groups is 1. The van der Waals surface area contributed by atoms with Gasteiger partial charge in [-0.25, -0.2) is 0 Å². The van der Waals surface area contributed by atoms with E-state index in [4.69, 9.17) is 5.11 Å². The number of rotatable bonds is 0. The van der Waals surface area contributed by atoms with E-state index in [0.717, 1.165) is 19.4 Å². The monoisotopic (exact) mass is 159 g/mol. The van der Waals surface area contributed by atoms with Gasteiger partial charge in [0.15, 0.2) is 0 Å². The lowest BCUT2D eigenvalue weighted by atomic mass is 10.4. The van der Waals surface area contributed by atoms with Crippen LogP contribution in [0.4, 0.5) is 0 Å². The Hall–Kier alpha value is -0.570. The highest BCUT2D eigenvalue weighted by Crippen LogP contribution is 2.04. The molecule has 0 saturated carbocycles. The van der Waals surface area contributed by atoms with Crippen molar-refractivity contribution in [3.63, 3.8) is 0 Å². The van der Waals surface area contributed by atoms with Gasteiger partial charge in [0.1, 0.15) is 0 Å². The summed E-state index contributed by atoms with van der Waals surface area (Å²) in [7, 11) is 1.84. The van der Waals surface area contributed by atoms with E-state index in [1.165, 1.54) is 0 Å². The highest BCUT2D eigenvalue weighted by molar-refractivity contribution is 5.77. The predicted octanol–water partition coefficient (Wildman–Crippen LogP) is 0.626. The van der Waals surface area contributed by atoms with Crippen molar-refractivity contribution in [2.24, 2.45) is 0 Å². The van der Waals surface area contributed by atoms with E-state index in [9.17, 15) is 4.79 Å². The molecule has 3 heteroatoms. The Balaban J connectivity index is 0.000000218. The molecule has 3 nitrogen and oxygen atoms in total. The number of carbonyl (C=O) groups excluding carboxylic acids is 1. The molecule has 1 amide bonds. The van der Waals surface area contributed by atoms with E-state index in [1.54, 1.807) is 18.7 Å². The van der Waals surface area contributed by atoms with Crippen LogP contribution in [0.2, 0.25) is 0 Å². The second-order valence-electron chi connectivity index (χ2n) is 3.01. The summed E-state index contributed by atoms with van der Waals surface area (Å²) in [5, 5.41) is 8.06. The van der Waals surface area contributed by atoms with Crippen LogP contribution in [0.15, 0.2) is 0 Å². The van der Waals surface area contributed by atoms with Crippen molar-refractivity contribution in [2.75, 3.05) is 13.6 Å². The molecule has 1 heterocycles. The average Bonchev–Trinajstić information content (AvgIpc) is 2.15. The van der Waals surface area contributed by atoms with Crippen molar-refractivity contribution >= 4 is 5.91 Å². The molecule has 1 rings (SSSR count). The lowest BCUT2D eigenvalue weighted by Gasteiger charge is -2.03. The third kappa shape index (κ3) is 5.85. The fraction of sp³-hybridized carbons (Fsp3) is 0.875. The van der Waals surface area contributed by atoms with Gasteiger partial charge in [-0.15, -0.1) is 0 Å². The van der Waals surface area contributed by atoms with E-state index in [1.807, 2.05) is 7.05 Å². The van der Waals surface area contributed by atoms with Crippen molar-refractivity contribution in [3.8, 4) is 0 Å². The van der Waals surface area contributed by atoms with Gasteiger partial charge in [0.05, 0.1) is 0 Å². The number of nitrogens with zero attached hydrogens (tertiary/aromatic N) is 1. The summed E-state index contributed by atoms with van der Waals surface area (Å²) in [5.74, 6) is 0.292. The van der Waals surface area contributed by atoms with Gasteiger partial charge in [0.25, 0.3) is 0 Å². The van der Waals surface area contributed by atoms with Gasteiger partial charge in [0, 0.05) is 26.1 Å². The number of hydrogen-bond acceptors (Lipinski definition) is 2. The number of carbonyl (C=O) groups is 1. The molecule has 0 bridgehead atoms. The van der Waals surface area contributed by atoms with Crippen LogP contribution in [-0.4, -0.2) is 35.6 Å². The molecule has 1 saturated heterocycles. The Morgan fingerprint density at radius 3 is 2.09 bits per heavy atom. The first kappa shape index (κ1) is 10.4. The summed E-state index contributed by atoms with van der Waals surface area (Å²) >= 11 is 0. The lowest BCUT2D eigenvalue weighted by molar-refractivity contribution is -0.126. The second kappa shape index (κ2) is 5.13. The van der Waals surface area contributed by atoms with Gasteiger partial charge in [-0.05, 0) is 20.3 Å². The first-order valence-electron chi connectivity index (χ1n) is 3.96. The maximum Gasteiger partial charge on any atom is 0.222 e. The second-order valence-corrected chi connectivity index (χ2v) is 3.01. The van der Waals surface area contributed by atoms with Crippen molar-refractivity contribution < 1.29 is 9.90 Å². The summed E-state index contributed by atoms with van der Waals surface area (Å²) < 4.78 is 0. The van der Waals surface area contributed by atoms with Gasteiger partial charge in [-0.2, -0.15) is 0 Å². The first-order chi connectivity index (χ1) is 5.04.